The number of imidazole rings is 1. The normalized spacial score (nSPS) is 40.8. The number of nitrogens with one attached hydrogen (secondary N) is 2. The molecule has 10 heteroatoms. The molecule has 1 aromatic heterocycles. The molecule has 1 spiro atoms. The van der Waals surface area contributed by atoms with Gasteiger partial charge >= 0.3 is 5.97 Å². The smallest absolute Gasteiger partial charge is 0.308 e. The number of nitrogens with zero attached hydrogens (tertiary/aromatic N) is 1. The van der Waals surface area contributed by atoms with Crippen molar-refractivity contribution in [3.63, 3.8) is 0 Å². The van der Waals surface area contributed by atoms with E-state index >= 15 is 0 Å². The van der Waals surface area contributed by atoms with Crippen molar-refractivity contribution in [1.29, 1.82) is 0 Å². The van der Waals surface area contributed by atoms with Crippen LogP contribution in [0.4, 0.5) is 0 Å². The van der Waals surface area contributed by atoms with Gasteiger partial charge in [-0.15, -0.1) is 0 Å². The maximum atomic E-state index is 12.6. The van der Waals surface area contributed by atoms with Crippen molar-refractivity contribution in [2.24, 2.45) is 23.7 Å². The highest BCUT2D eigenvalue weighted by Crippen LogP contribution is 2.60. The van der Waals surface area contributed by atoms with E-state index in [0.717, 1.165) is 31.4 Å². The number of amides is 1. The summed E-state index contributed by atoms with van der Waals surface area (Å²) in [4.78, 5) is 43.6. The van der Waals surface area contributed by atoms with Gasteiger partial charge in [0.25, 0.3) is 0 Å². The summed E-state index contributed by atoms with van der Waals surface area (Å²) in [5.74, 6) is -0.814. The van der Waals surface area contributed by atoms with Gasteiger partial charge < -0.3 is 24.5 Å². The van der Waals surface area contributed by atoms with E-state index in [1.54, 1.807) is 12.5 Å². The lowest BCUT2D eigenvalue weighted by Gasteiger charge is -2.59. The second-order valence-electron chi connectivity index (χ2n) is 10.4. The molecule has 6 rings (SSSR count). The van der Waals surface area contributed by atoms with Crippen molar-refractivity contribution in [2.45, 2.75) is 89.7 Å². The average Bonchev–Trinajstić information content (AvgIpc) is 3.22. The molecule has 1 amide bonds. The average molecular weight is 478 g/mol. The van der Waals surface area contributed by atoms with Crippen LogP contribution in [-0.2, 0) is 40.0 Å². The van der Waals surface area contributed by atoms with Gasteiger partial charge in [0.2, 0.25) is 18.0 Å². The number of hydrogen-bond acceptors (Lipinski definition) is 8. The van der Waals surface area contributed by atoms with Crippen molar-refractivity contribution in [3.05, 3.63) is 18.2 Å². The number of aromatic amines is 1. The standard InChI is InChI=1S/C24H35N3O7/c1-14-4-5-18-15(2)21(31-22-24(18)17(14)8-10-23(3,32-22)33-34-24)30-20(29)7-6-19(28)26-11-9-16-12-25-13-27-16/h12-15,17-18,21-22H,4-11H2,1-3H3,(H,25,27)(H,26,28)/t14-,15-,17+,18+,21-,22-,23+,24+/m1/s1. The summed E-state index contributed by atoms with van der Waals surface area (Å²) in [6, 6.07) is 0. The van der Waals surface area contributed by atoms with Crippen LogP contribution < -0.4 is 5.32 Å². The molecule has 4 aliphatic heterocycles. The number of fused-ring (bicyclic) bond motifs is 2. The summed E-state index contributed by atoms with van der Waals surface area (Å²) in [5, 5.41) is 2.81. The van der Waals surface area contributed by atoms with Crippen LogP contribution >= 0.6 is 0 Å². The van der Waals surface area contributed by atoms with Gasteiger partial charge in [0.1, 0.15) is 0 Å². The minimum absolute atomic E-state index is 0.0131. The molecule has 2 bridgehead atoms. The van der Waals surface area contributed by atoms with Crippen LogP contribution in [0.3, 0.4) is 0 Å². The summed E-state index contributed by atoms with van der Waals surface area (Å²) < 4.78 is 18.3. The first-order chi connectivity index (χ1) is 16.3. The summed E-state index contributed by atoms with van der Waals surface area (Å²) in [6.07, 6.45) is 6.28. The Morgan fingerprint density at radius 3 is 2.85 bits per heavy atom. The molecule has 34 heavy (non-hydrogen) atoms. The Kier molecular flexibility index (Phi) is 6.43. The van der Waals surface area contributed by atoms with Crippen LogP contribution in [0.15, 0.2) is 12.5 Å². The number of rotatable bonds is 7. The fourth-order valence-corrected chi connectivity index (χ4v) is 6.26. The lowest BCUT2D eigenvalue weighted by molar-refractivity contribution is -0.576. The summed E-state index contributed by atoms with van der Waals surface area (Å²) in [5.41, 5.74) is 0.253. The van der Waals surface area contributed by atoms with Crippen LogP contribution in [0.1, 0.15) is 65.0 Å². The van der Waals surface area contributed by atoms with Crippen molar-refractivity contribution in [3.8, 4) is 0 Å². The van der Waals surface area contributed by atoms with Gasteiger partial charge in [-0.05, 0) is 38.0 Å². The Morgan fingerprint density at radius 1 is 1.21 bits per heavy atom. The number of carbonyl (C=O) groups is 2. The van der Waals surface area contributed by atoms with Crippen molar-refractivity contribution in [1.82, 2.24) is 15.3 Å². The van der Waals surface area contributed by atoms with Gasteiger partial charge in [-0.3, -0.25) is 9.59 Å². The van der Waals surface area contributed by atoms with Gasteiger partial charge in [-0.1, -0.05) is 13.8 Å². The Hall–Kier alpha value is -2.01. The van der Waals surface area contributed by atoms with E-state index in [4.69, 9.17) is 24.0 Å². The number of ether oxygens (including phenoxy) is 3. The lowest BCUT2D eigenvalue weighted by atomic mass is 9.58. The van der Waals surface area contributed by atoms with Crippen molar-refractivity contribution in [2.75, 3.05) is 6.54 Å². The summed E-state index contributed by atoms with van der Waals surface area (Å²) >= 11 is 0. The predicted molar refractivity (Wildman–Crippen MR) is 117 cm³/mol. The lowest BCUT2D eigenvalue weighted by Crippen LogP contribution is -2.70. The minimum Gasteiger partial charge on any atom is -0.435 e. The molecule has 5 fully saturated rings. The molecule has 0 radical (unpaired) electrons. The topological polar surface area (TPSA) is 121 Å². The molecule has 5 aliphatic rings. The van der Waals surface area contributed by atoms with E-state index < -0.39 is 29.9 Å². The molecule has 10 nitrogen and oxygen atoms in total. The molecule has 1 saturated carbocycles. The Labute approximate surface area is 199 Å². The van der Waals surface area contributed by atoms with Crippen LogP contribution in [0, 0.1) is 23.7 Å². The monoisotopic (exact) mass is 477 g/mol. The van der Waals surface area contributed by atoms with E-state index in [0.29, 0.717) is 18.9 Å². The van der Waals surface area contributed by atoms with Crippen molar-refractivity contribution >= 4 is 11.9 Å². The number of H-pyrrole nitrogens is 1. The molecule has 8 atom stereocenters. The molecule has 1 aliphatic carbocycles. The Bertz CT molecular complexity index is 895. The number of esters is 1. The number of aromatic nitrogens is 2. The SMILES string of the molecule is C[C@H]1[C@H](OC(=O)CCC(=O)NCCc2cnc[nH]2)O[C@@H]2O[C@]3(C)CC[C@H]4[C@H](C)CC[C@@H]1[C@]24OO3. The first-order valence-electron chi connectivity index (χ1n) is 12.4. The molecule has 188 valence electrons. The second kappa shape index (κ2) is 9.22. The largest absolute Gasteiger partial charge is 0.435 e. The fraction of sp³-hybridized carbons (Fsp3) is 0.792. The van der Waals surface area contributed by atoms with Crippen LogP contribution in [0.25, 0.3) is 0 Å². The molecule has 5 heterocycles. The molecule has 2 N–H and O–H groups in total. The zero-order chi connectivity index (χ0) is 23.9. The zero-order valence-electron chi connectivity index (χ0n) is 20.1. The molecular weight excluding hydrogens is 442 g/mol. The van der Waals surface area contributed by atoms with Crippen LogP contribution in [0.5, 0.6) is 0 Å². The van der Waals surface area contributed by atoms with E-state index in [9.17, 15) is 9.59 Å². The van der Waals surface area contributed by atoms with Crippen LogP contribution in [0.2, 0.25) is 0 Å². The fourth-order valence-electron chi connectivity index (χ4n) is 6.26. The van der Waals surface area contributed by atoms with Gasteiger partial charge in [-0.25, -0.2) is 14.8 Å². The van der Waals surface area contributed by atoms with E-state index in [-0.39, 0.29) is 36.5 Å². The molecule has 1 aromatic rings. The maximum Gasteiger partial charge on any atom is 0.308 e. The van der Waals surface area contributed by atoms with Gasteiger partial charge in [0, 0.05) is 49.5 Å². The highest BCUT2D eigenvalue weighted by atomic mass is 17.3. The third-order valence-electron chi connectivity index (χ3n) is 8.17. The van der Waals surface area contributed by atoms with E-state index in [1.807, 2.05) is 13.8 Å². The molecule has 4 saturated heterocycles. The van der Waals surface area contributed by atoms with E-state index in [1.165, 1.54) is 0 Å². The van der Waals surface area contributed by atoms with Gasteiger partial charge in [-0.2, -0.15) is 0 Å². The van der Waals surface area contributed by atoms with Crippen molar-refractivity contribution < 1.29 is 33.6 Å². The third kappa shape index (κ3) is 4.25. The third-order valence-corrected chi connectivity index (χ3v) is 8.17. The van der Waals surface area contributed by atoms with Gasteiger partial charge in [0.15, 0.2) is 11.9 Å². The highest BCUT2D eigenvalue weighted by Gasteiger charge is 2.69. The molecular formula is C24H35N3O7. The van der Waals surface area contributed by atoms with E-state index in [2.05, 4.69) is 22.2 Å². The first kappa shape index (κ1) is 23.7. The molecule has 0 unspecified atom stereocenters. The molecule has 0 aromatic carbocycles. The maximum absolute atomic E-state index is 12.6. The predicted octanol–water partition coefficient (Wildman–Crippen LogP) is 2.60. The number of hydrogen-bond donors (Lipinski definition) is 2. The van der Waals surface area contributed by atoms with Crippen LogP contribution in [-0.4, -0.2) is 52.4 Å². The Balaban J connectivity index is 1.18. The second-order valence-corrected chi connectivity index (χ2v) is 10.4. The van der Waals surface area contributed by atoms with Gasteiger partial charge in [0.05, 0.1) is 12.7 Å². The highest BCUT2D eigenvalue weighted by molar-refractivity contribution is 5.81. The Morgan fingerprint density at radius 2 is 2.06 bits per heavy atom. The summed E-state index contributed by atoms with van der Waals surface area (Å²) in [6.45, 7) is 6.63. The first-order valence-corrected chi connectivity index (χ1v) is 12.4. The summed E-state index contributed by atoms with van der Waals surface area (Å²) in [7, 11) is 0. The quantitative estimate of drug-likeness (QED) is 0.454. The zero-order valence-corrected chi connectivity index (χ0v) is 20.1. The minimum atomic E-state index is -0.874. The number of carbonyl (C=O) groups excluding carboxylic acids is 2.